The molecule has 1 saturated heterocycles. The summed E-state index contributed by atoms with van der Waals surface area (Å²) in [5.74, 6) is -3.51. The SMILES string of the molecule is Cc1cc(C)c(-c2cc(C)c(OP(=O)(O)OCCCC(C(=O)O)N3CCN(CC(=O)O)CCN(CCCCS(=O)(=O)O)CCN(CC(=O)O)CC3)cc2C)c(C)c1.[Gd+3]. The van der Waals surface area contributed by atoms with Crippen molar-refractivity contribution >= 4 is 35.8 Å². The summed E-state index contributed by atoms with van der Waals surface area (Å²) in [4.78, 5) is 53.7. The van der Waals surface area contributed by atoms with Gasteiger partial charge in [0, 0.05) is 52.4 Å². The van der Waals surface area contributed by atoms with Crippen molar-refractivity contribution in [3.8, 4) is 16.9 Å². The van der Waals surface area contributed by atoms with Crippen molar-refractivity contribution in [3.05, 3.63) is 52.1 Å². The molecule has 5 N–H and O–H groups in total. The molecule has 2 atom stereocenters. The molecule has 1 fully saturated rings. The first-order valence-corrected chi connectivity index (χ1v) is 22.1. The molecule has 17 nitrogen and oxygen atoms in total. The summed E-state index contributed by atoms with van der Waals surface area (Å²) in [6, 6.07) is 6.71. The van der Waals surface area contributed by atoms with Crippen LogP contribution in [0, 0.1) is 74.6 Å². The number of phosphoric ester groups is 1. The van der Waals surface area contributed by atoms with E-state index in [4.69, 9.17) is 13.6 Å². The smallest absolute Gasteiger partial charge is 0.480 e. The predicted molar refractivity (Wildman–Crippen MR) is 214 cm³/mol. The summed E-state index contributed by atoms with van der Waals surface area (Å²) in [6.45, 7) is 11.3. The predicted octanol–water partition coefficient (Wildman–Crippen LogP) is 3.68. The number of carboxylic acid groups (broad SMARTS) is 3. The van der Waals surface area contributed by atoms with E-state index in [1.165, 1.54) is 0 Å². The van der Waals surface area contributed by atoms with Crippen molar-refractivity contribution < 1.29 is 101 Å². The Labute approximate surface area is 373 Å². The van der Waals surface area contributed by atoms with Gasteiger partial charge >= 0.3 is 65.7 Å². The van der Waals surface area contributed by atoms with Gasteiger partial charge < -0.3 is 24.7 Å². The molecule has 0 amide bonds. The average molecular weight is 1000 g/mol. The van der Waals surface area contributed by atoms with Crippen LogP contribution in [0.15, 0.2) is 24.3 Å². The third-order valence-electron chi connectivity index (χ3n) is 10.0. The van der Waals surface area contributed by atoms with Gasteiger partial charge in [0.2, 0.25) is 0 Å². The van der Waals surface area contributed by atoms with Crippen LogP contribution in [0.4, 0.5) is 0 Å². The van der Waals surface area contributed by atoms with Gasteiger partial charge in [-0.05, 0) is 112 Å². The van der Waals surface area contributed by atoms with Crippen LogP contribution in [0.1, 0.15) is 53.5 Å². The first-order valence-electron chi connectivity index (χ1n) is 19.0. The van der Waals surface area contributed by atoms with Crippen LogP contribution < -0.4 is 4.52 Å². The zero-order chi connectivity index (χ0) is 42.5. The van der Waals surface area contributed by atoms with E-state index >= 15 is 0 Å². The van der Waals surface area contributed by atoms with Crippen molar-refractivity contribution in [2.24, 2.45) is 0 Å². The number of hydrogen-bond donors (Lipinski definition) is 5. The minimum absolute atomic E-state index is 0. The maximum Gasteiger partial charge on any atom is 3.00 e. The van der Waals surface area contributed by atoms with E-state index in [0.717, 1.165) is 33.4 Å². The molecule has 2 unspecified atom stereocenters. The number of unbranched alkanes of at least 4 members (excludes halogenated alkanes) is 1. The Morgan fingerprint density at radius 2 is 1.26 bits per heavy atom. The van der Waals surface area contributed by atoms with Crippen molar-refractivity contribution in [1.82, 2.24) is 19.6 Å². The Morgan fingerprint density at radius 3 is 1.76 bits per heavy atom. The van der Waals surface area contributed by atoms with E-state index in [2.05, 4.69) is 12.1 Å². The third kappa shape index (κ3) is 18.2. The third-order valence-corrected chi connectivity index (χ3v) is 11.7. The van der Waals surface area contributed by atoms with E-state index in [-0.39, 0.29) is 117 Å². The Balaban J connectivity index is 0.0000116. The maximum atomic E-state index is 13.1. The first-order chi connectivity index (χ1) is 26.6. The summed E-state index contributed by atoms with van der Waals surface area (Å²) in [5, 5.41) is 29.5. The number of benzene rings is 2. The van der Waals surface area contributed by atoms with Gasteiger partial charge in [-0.1, -0.05) is 17.7 Å². The van der Waals surface area contributed by atoms with Crippen LogP contribution in [0.25, 0.3) is 11.1 Å². The topological polar surface area (TPSA) is 235 Å². The number of aliphatic carboxylic acids is 3. The van der Waals surface area contributed by atoms with E-state index in [1.54, 1.807) is 27.7 Å². The standard InChI is InChI=1S/C38H59N4O13PS.Gd/c1-27-21-30(4)37(31(5)22-27)32-23-29(3)34(24-28(32)2)55-56(49,50)54-19-8-9-33(38(47)48)42-17-15-40(25-35(43)44)13-11-39(10-6-7-20-57(51,52)53)12-14-41(16-18-42)26-36(45)46;/h21-24,33H,6-20,25-26H2,1-5H3,(H,43,44)(H,45,46)(H,47,48)(H,49,50)(H,51,52,53);/q;+3. The summed E-state index contributed by atoms with van der Waals surface area (Å²) in [5.41, 5.74) is 6.92. The summed E-state index contributed by atoms with van der Waals surface area (Å²) in [6.07, 6.45) is 0.725. The van der Waals surface area contributed by atoms with Gasteiger partial charge in [-0.3, -0.25) is 43.1 Å². The molecule has 20 heteroatoms. The molecule has 0 saturated carbocycles. The van der Waals surface area contributed by atoms with Gasteiger partial charge in [0.1, 0.15) is 11.8 Å². The molecule has 1 radical (unpaired) electrons. The largest absolute Gasteiger partial charge is 3.00 e. The van der Waals surface area contributed by atoms with Gasteiger partial charge in [-0.15, -0.1) is 0 Å². The molecule has 1 heterocycles. The van der Waals surface area contributed by atoms with Crippen molar-refractivity contribution in [3.63, 3.8) is 0 Å². The first kappa shape index (κ1) is 52.0. The molecule has 325 valence electrons. The molecule has 0 spiro atoms. The van der Waals surface area contributed by atoms with E-state index in [0.29, 0.717) is 44.7 Å². The molecule has 3 rings (SSSR count). The molecule has 0 aliphatic carbocycles. The fourth-order valence-corrected chi connectivity index (χ4v) is 8.67. The molecule has 2 aromatic carbocycles. The zero-order valence-corrected chi connectivity index (χ0v) is 37.9. The van der Waals surface area contributed by atoms with Crippen LogP contribution in [-0.2, 0) is 33.6 Å². The van der Waals surface area contributed by atoms with Gasteiger partial charge in [-0.2, -0.15) is 8.42 Å². The van der Waals surface area contributed by atoms with Gasteiger partial charge in [0.25, 0.3) is 10.1 Å². The van der Waals surface area contributed by atoms with Crippen LogP contribution in [0.3, 0.4) is 0 Å². The second kappa shape index (κ2) is 24.4. The molecular weight excluding hydrogens is 941 g/mol. The summed E-state index contributed by atoms with van der Waals surface area (Å²) < 4.78 is 55.2. The number of hydrogen-bond acceptors (Lipinski definition) is 12. The molecule has 2 aromatic rings. The minimum Gasteiger partial charge on any atom is -0.480 e. The Kier molecular flexibility index (Phi) is 21.8. The second-order valence-corrected chi connectivity index (χ2v) is 17.8. The molecular formula is C38H59GdN4O13PS+3. The number of carboxylic acids is 3. The zero-order valence-electron chi connectivity index (χ0n) is 33.9. The van der Waals surface area contributed by atoms with E-state index in [9.17, 15) is 47.6 Å². The Morgan fingerprint density at radius 1 is 0.741 bits per heavy atom. The number of nitrogens with zero attached hydrogens (tertiary/aromatic N) is 4. The Hall–Kier alpha value is -2.13. The minimum atomic E-state index is -4.61. The van der Waals surface area contributed by atoms with Crippen molar-refractivity contribution in [2.45, 2.75) is 66.3 Å². The van der Waals surface area contributed by atoms with E-state index < -0.39 is 41.9 Å². The van der Waals surface area contributed by atoms with Gasteiger partial charge in [-0.25, -0.2) is 4.57 Å². The summed E-state index contributed by atoms with van der Waals surface area (Å²) in [7, 11) is -8.73. The number of phosphoric acid groups is 1. The Bertz CT molecular complexity index is 1810. The normalized spacial score (nSPS) is 17.3. The molecule has 58 heavy (non-hydrogen) atoms. The van der Waals surface area contributed by atoms with Crippen LogP contribution in [0.2, 0.25) is 0 Å². The quantitative estimate of drug-likeness (QED) is 0.0767. The fraction of sp³-hybridized carbons (Fsp3) is 0.605. The van der Waals surface area contributed by atoms with Gasteiger partial charge in [0.05, 0.1) is 25.4 Å². The van der Waals surface area contributed by atoms with Crippen LogP contribution in [0.5, 0.6) is 5.75 Å². The summed E-state index contributed by atoms with van der Waals surface area (Å²) >= 11 is 0. The monoisotopic (exact) mass is 1000 g/mol. The molecule has 1 aliphatic heterocycles. The van der Waals surface area contributed by atoms with Crippen molar-refractivity contribution in [2.75, 3.05) is 84.4 Å². The maximum absolute atomic E-state index is 13.1. The number of carbonyl (C=O) groups is 3. The van der Waals surface area contributed by atoms with Crippen LogP contribution >= 0.6 is 7.82 Å². The van der Waals surface area contributed by atoms with Gasteiger partial charge in [0.15, 0.2) is 0 Å². The number of rotatable bonds is 19. The second-order valence-electron chi connectivity index (χ2n) is 14.8. The average Bonchev–Trinajstić information content (AvgIpc) is 3.07. The van der Waals surface area contributed by atoms with Crippen LogP contribution in [-0.4, -0.2) is 161 Å². The number of aryl methyl sites for hydroxylation is 5. The van der Waals surface area contributed by atoms with E-state index in [1.807, 2.05) is 38.7 Å². The van der Waals surface area contributed by atoms with Crippen molar-refractivity contribution in [1.29, 1.82) is 0 Å². The fourth-order valence-electron chi connectivity index (χ4n) is 7.24. The molecule has 1 aliphatic rings. The molecule has 0 bridgehead atoms. The molecule has 0 aromatic heterocycles.